The second-order valence-corrected chi connectivity index (χ2v) is 6.40. The molecular formula is C20H19N3O3. The first-order valence-corrected chi connectivity index (χ1v) is 8.69. The van der Waals surface area contributed by atoms with Crippen LogP contribution < -0.4 is 5.56 Å². The summed E-state index contributed by atoms with van der Waals surface area (Å²) in [5, 5.41) is 0.608. The lowest BCUT2D eigenvalue weighted by Gasteiger charge is -2.33. The highest BCUT2D eigenvalue weighted by Gasteiger charge is 2.24. The molecule has 0 radical (unpaired) electrons. The van der Waals surface area contributed by atoms with Crippen molar-refractivity contribution in [2.75, 3.05) is 13.1 Å². The van der Waals surface area contributed by atoms with E-state index in [1.54, 1.807) is 46.3 Å². The third-order valence-electron chi connectivity index (χ3n) is 4.73. The van der Waals surface area contributed by atoms with Crippen LogP contribution in [0, 0.1) is 0 Å². The molecule has 132 valence electrons. The summed E-state index contributed by atoms with van der Waals surface area (Å²) in [5.41, 5.74) is 0.639. The van der Waals surface area contributed by atoms with E-state index in [0.717, 1.165) is 12.8 Å². The van der Waals surface area contributed by atoms with Crippen molar-refractivity contribution < 1.29 is 9.21 Å². The van der Waals surface area contributed by atoms with Crippen LogP contribution in [0.4, 0.5) is 0 Å². The number of carbonyl (C=O) groups is 1. The van der Waals surface area contributed by atoms with Crippen molar-refractivity contribution in [3.63, 3.8) is 0 Å². The maximum absolute atomic E-state index is 12.8. The van der Waals surface area contributed by atoms with Crippen molar-refractivity contribution in [3.05, 3.63) is 71.2 Å². The number of aromatic nitrogens is 2. The van der Waals surface area contributed by atoms with Gasteiger partial charge in [-0.15, -0.1) is 0 Å². The number of para-hydroxylation sites is 1. The van der Waals surface area contributed by atoms with Crippen LogP contribution in [0.3, 0.4) is 0 Å². The molecule has 3 heterocycles. The molecule has 2 aromatic heterocycles. The molecule has 0 aliphatic carbocycles. The zero-order valence-electron chi connectivity index (χ0n) is 14.2. The molecule has 1 fully saturated rings. The lowest BCUT2D eigenvalue weighted by atomic mass is 10.0. The van der Waals surface area contributed by atoms with E-state index in [4.69, 9.17) is 4.42 Å². The van der Waals surface area contributed by atoms with Crippen LogP contribution in [-0.2, 0) is 4.79 Å². The highest BCUT2D eigenvalue weighted by Crippen LogP contribution is 2.21. The van der Waals surface area contributed by atoms with Crippen LogP contribution in [0.25, 0.3) is 17.0 Å². The quantitative estimate of drug-likeness (QED) is 0.682. The van der Waals surface area contributed by atoms with Crippen molar-refractivity contribution in [1.82, 2.24) is 14.5 Å². The van der Waals surface area contributed by atoms with Crippen molar-refractivity contribution in [3.8, 4) is 0 Å². The fraction of sp³-hybridized carbons (Fsp3) is 0.250. The van der Waals surface area contributed by atoms with Crippen molar-refractivity contribution in [1.29, 1.82) is 0 Å². The standard InChI is InChI=1S/C20H19N3O3/c24-19(10-9-16-6-4-12-26-16)22-11-3-5-15(13-22)23-14-21-18-8-2-1-7-17(18)20(23)25/h1-2,4,6-10,12,14-15H,3,5,11,13H2/b10-9+. The second-order valence-electron chi connectivity index (χ2n) is 6.40. The number of furan rings is 1. The lowest BCUT2D eigenvalue weighted by molar-refractivity contribution is -0.127. The molecule has 6 heteroatoms. The molecular weight excluding hydrogens is 330 g/mol. The first-order valence-electron chi connectivity index (χ1n) is 8.69. The smallest absolute Gasteiger partial charge is 0.261 e. The van der Waals surface area contributed by atoms with E-state index < -0.39 is 0 Å². The molecule has 1 aliphatic rings. The van der Waals surface area contributed by atoms with Crippen molar-refractivity contribution in [2.24, 2.45) is 0 Å². The van der Waals surface area contributed by atoms with Gasteiger partial charge < -0.3 is 9.32 Å². The van der Waals surface area contributed by atoms with E-state index in [-0.39, 0.29) is 17.5 Å². The summed E-state index contributed by atoms with van der Waals surface area (Å²) >= 11 is 0. The number of hydrogen-bond donors (Lipinski definition) is 0. The average Bonchev–Trinajstić information content (AvgIpc) is 3.20. The molecule has 0 N–H and O–H groups in total. The van der Waals surface area contributed by atoms with Gasteiger partial charge in [-0.2, -0.15) is 0 Å². The molecule has 26 heavy (non-hydrogen) atoms. The maximum Gasteiger partial charge on any atom is 0.261 e. The third-order valence-corrected chi connectivity index (χ3v) is 4.73. The molecule has 4 rings (SSSR count). The van der Waals surface area contributed by atoms with Gasteiger partial charge in [0.05, 0.1) is 29.5 Å². The summed E-state index contributed by atoms with van der Waals surface area (Å²) in [4.78, 5) is 31.4. The average molecular weight is 349 g/mol. The molecule has 1 amide bonds. The molecule has 1 aromatic carbocycles. The number of amides is 1. The minimum atomic E-state index is -0.0760. The molecule has 6 nitrogen and oxygen atoms in total. The monoisotopic (exact) mass is 349 g/mol. The molecule has 1 saturated heterocycles. The highest BCUT2D eigenvalue weighted by molar-refractivity contribution is 5.91. The molecule has 1 unspecified atom stereocenters. The van der Waals surface area contributed by atoms with Gasteiger partial charge in [0, 0.05) is 19.2 Å². The zero-order chi connectivity index (χ0) is 17.9. The summed E-state index contributed by atoms with van der Waals surface area (Å²) in [7, 11) is 0. The molecule has 3 aromatic rings. The number of benzene rings is 1. The van der Waals surface area contributed by atoms with E-state index in [9.17, 15) is 9.59 Å². The fourth-order valence-electron chi connectivity index (χ4n) is 3.37. The van der Waals surface area contributed by atoms with E-state index >= 15 is 0 Å². The third kappa shape index (κ3) is 3.18. The molecule has 0 saturated carbocycles. The SMILES string of the molecule is O=C(/C=C/c1ccco1)N1CCCC(n2cnc3ccccc3c2=O)C1. The number of nitrogens with zero attached hydrogens (tertiary/aromatic N) is 3. The minimum Gasteiger partial charge on any atom is -0.465 e. The number of hydrogen-bond acceptors (Lipinski definition) is 4. The van der Waals surface area contributed by atoms with Crippen LogP contribution in [0.15, 0.2) is 64.3 Å². The predicted octanol–water partition coefficient (Wildman–Crippen LogP) is 2.87. The van der Waals surface area contributed by atoms with Gasteiger partial charge in [-0.1, -0.05) is 12.1 Å². The topological polar surface area (TPSA) is 68.3 Å². The maximum atomic E-state index is 12.8. The highest BCUT2D eigenvalue weighted by atomic mass is 16.3. The van der Waals surface area contributed by atoms with Crippen LogP contribution in [0.2, 0.25) is 0 Å². The Bertz CT molecular complexity index is 1000. The van der Waals surface area contributed by atoms with Gasteiger partial charge in [-0.05, 0) is 43.2 Å². The van der Waals surface area contributed by atoms with Gasteiger partial charge >= 0.3 is 0 Å². The van der Waals surface area contributed by atoms with Crippen LogP contribution in [0.5, 0.6) is 0 Å². The first-order chi connectivity index (χ1) is 12.7. The second kappa shape index (κ2) is 7.00. The Morgan fingerprint density at radius 1 is 1.23 bits per heavy atom. The Kier molecular flexibility index (Phi) is 4.39. The van der Waals surface area contributed by atoms with Gasteiger partial charge in [0.25, 0.3) is 5.56 Å². The number of likely N-dealkylation sites (tertiary alicyclic amines) is 1. The van der Waals surface area contributed by atoms with Gasteiger partial charge in [0.1, 0.15) is 5.76 Å². The predicted molar refractivity (Wildman–Crippen MR) is 98.6 cm³/mol. The minimum absolute atomic E-state index is 0.0546. The number of carbonyl (C=O) groups excluding carboxylic acids is 1. The largest absolute Gasteiger partial charge is 0.465 e. The number of piperidine rings is 1. The molecule has 1 atom stereocenters. The Labute approximate surface area is 150 Å². The molecule has 1 aliphatic heterocycles. The van der Waals surface area contributed by atoms with Gasteiger partial charge in [0.2, 0.25) is 5.91 Å². The van der Waals surface area contributed by atoms with E-state index in [2.05, 4.69) is 4.98 Å². The Morgan fingerprint density at radius 3 is 2.96 bits per heavy atom. The fourth-order valence-corrected chi connectivity index (χ4v) is 3.37. The van der Waals surface area contributed by atoms with Crippen LogP contribution in [0.1, 0.15) is 24.6 Å². The van der Waals surface area contributed by atoms with E-state index in [1.165, 1.54) is 6.08 Å². The van der Waals surface area contributed by atoms with Gasteiger partial charge in [0.15, 0.2) is 0 Å². The first kappa shape index (κ1) is 16.3. The van der Waals surface area contributed by atoms with Crippen LogP contribution >= 0.6 is 0 Å². The zero-order valence-corrected chi connectivity index (χ0v) is 14.2. The van der Waals surface area contributed by atoms with Gasteiger partial charge in [-0.3, -0.25) is 14.2 Å². The Hall–Kier alpha value is -3.15. The molecule has 0 spiro atoms. The Balaban J connectivity index is 1.54. The van der Waals surface area contributed by atoms with E-state index in [0.29, 0.717) is 29.8 Å². The van der Waals surface area contributed by atoms with E-state index in [1.807, 2.05) is 18.2 Å². The van der Waals surface area contributed by atoms with Crippen molar-refractivity contribution in [2.45, 2.75) is 18.9 Å². The molecule has 0 bridgehead atoms. The summed E-state index contributed by atoms with van der Waals surface area (Å²) in [5.74, 6) is 0.565. The number of rotatable bonds is 3. The van der Waals surface area contributed by atoms with Crippen LogP contribution in [-0.4, -0.2) is 33.4 Å². The summed E-state index contributed by atoms with van der Waals surface area (Å²) in [6.45, 7) is 1.19. The lowest BCUT2D eigenvalue weighted by Crippen LogP contribution is -2.42. The number of fused-ring (bicyclic) bond motifs is 1. The van der Waals surface area contributed by atoms with Gasteiger partial charge in [-0.25, -0.2) is 4.98 Å². The summed E-state index contributed by atoms with van der Waals surface area (Å²) < 4.78 is 6.87. The Morgan fingerprint density at radius 2 is 2.12 bits per heavy atom. The van der Waals surface area contributed by atoms with Crippen molar-refractivity contribution >= 4 is 22.9 Å². The normalized spacial score (nSPS) is 17.8. The summed E-state index contributed by atoms with van der Waals surface area (Å²) in [6.07, 6.45) is 8.05. The summed E-state index contributed by atoms with van der Waals surface area (Å²) in [6, 6.07) is 10.8.